The summed E-state index contributed by atoms with van der Waals surface area (Å²) in [7, 11) is 1.58. The number of carboxylic acid groups (broad SMARTS) is 1. The second-order valence-corrected chi connectivity index (χ2v) is 7.32. The molecule has 1 fully saturated rings. The average molecular weight is 386 g/mol. The molecular formula is C24H22N2O3. The number of carbonyl (C=O) groups is 1. The monoisotopic (exact) mass is 386 g/mol. The van der Waals surface area contributed by atoms with E-state index in [1.165, 1.54) is 5.56 Å². The molecule has 2 aromatic heterocycles. The van der Waals surface area contributed by atoms with E-state index in [0.29, 0.717) is 17.9 Å². The van der Waals surface area contributed by atoms with Gasteiger partial charge in [-0.3, -0.25) is 9.78 Å². The summed E-state index contributed by atoms with van der Waals surface area (Å²) in [5.41, 5.74) is 5.67. The maximum absolute atomic E-state index is 11.3. The topological polar surface area (TPSA) is 72.3 Å². The summed E-state index contributed by atoms with van der Waals surface area (Å²) in [4.78, 5) is 20.3. The molecule has 1 saturated carbocycles. The highest BCUT2D eigenvalue weighted by atomic mass is 16.5. The van der Waals surface area contributed by atoms with Crippen LogP contribution in [0.1, 0.15) is 34.7 Å². The minimum atomic E-state index is -0.783. The number of aryl methyl sites for hydroxylation is 1. The second kappa shape index (κ2) is 7.87. The number of pyridine rings is 2. The normalized spacial score (nSPS) is 18.0. The molecule has 3 aromatic rings. The highest BCUT2D eigenvalue weighted by molar-refractivity contribution is 5.76. The van der Waals surface area contributed by atoms with Crippen molar-refractivity contribution >= 4 is 18.1 Å². The van der Waals surface area contributed by atoms with E-state index in [2.05, 4.69) is 42.2 Å². The van der Waals surface area contributed by atoms with Gasteiger partial charge in [-0.15, -0.1) is 0 Å². The molecule has 0 unspecified atom stereocenters. The van der Waals surface area contributed by atoms with E-state index < -0.39 is 5.97 Å². The molecule has 0 radical (unpaired) electrons. The van der Waals surface area contributed by atoms with Crippen LogP contribution in [0.4, 0.5) is 0 Å². The minimum Gasteiger partial charge on any atom is -0.495 e. The van der Waals surface area contributed by atoms with Crippen molar-refractivity contribution < 1.29 is 14.6 Å². The Labute approximate surface area is 169 Å². The quantitative estimate of drug-likeness (QED) is 0.658. The maximum Gasteiger partial charge on any atom is 0.307 e. The van der Waals surface area contributed by atoms with Gasteiger partial charge in [0.1, 0.15) is 5.75 Å². The molecule has 0 amide bonds. The molecular weight excluding hydrogens is 364 g/mol. The standard InChI is InChI=1S/C24H22N2O3/c1-15-3-5-16(6-4-15)7-8-17-11-18(14-25-13-17)21-9-10-22(29-2)23(26-21)19-12-20(19)24(27)28/h3-11,13-14,19-20H,12H2,1-2H3,(H,27,28)/b8-7+/t19-,20-/m0/s1. The zero-order valence-electron chi connectivity index (χ0n) is 16.4. The van der Waals surface area contributed by atoms with Gasteiger partial charge in [0.15, 0.2) is 0 Å². The van der Waals surface area contributed by atoms with E-state index in [-0.39, 0.29) is 11.8 Å². The first kappa shape index (κ1) is 18.9. The number of rotatable bonds is 6. The van der Waals surface area contributed by atoms with Crippen LogP contribution < -0.4 is 4.74 Å². The zero-order valence-corrected chi connectivity index (χ0v) is 16.4. The third kappa shape index (κ3) is 4.19. The Morgan fingerprint density at radius 1 is 1.10 bits per heavy atom. The molecule has 5 heteroatoms. The molecule has 1 aliphatic rings. The second-order valence-electron chi connectivity index (χ2n) is 7.32. The molecule has 1 aromatic carbocycles. The smallest absolute Gasteiger partial charge is 0.307 e. The summed E-state index contributed by atoms with van der Waals surface area (Å²) in [6.45, 7) is 2.07. The van der Waals surface area contributed by atoms with Gasteiger partial charge in [-0.25, -0.2) is 4.98 Å². The summed E-state index contributed by atoms with van der Waals surface area (Å²) in [5, 5.41) is 9.25. The van der Waals surface area contributed by atoms with Gasteiger partial charge in [-0.1, -0.05) is 42.0 Å². The van der Waals surface area contributed by atoms with Crippen LogP contribution in [0.2, 0.25) is 0 Å². The van der Waals surface area contributed by atoms with E-state index in [4.69, 9.17) is 9.72 Å². The summed E-state index contributed by atoms with van der Waals surface area (Å²) >= 11 is 0. The highest BCUT2D eigenvalue weighted by Gasteiger charge is 2.46. The number of ether oxygens (including phenoxy) is 1. The predicted molar refractivity (Wildman–Crippen MR) is 113 cm³/mol. The lowest BCUT2D eigenvalue weighted by molar-refractivity contribution is -0.138. The number of carboxylic acids is 1. The molecule has 5 nitrogen and oxygen atoms in total. The first-order valence-electron chi connectivity index (χ1n) is 9.53. The fraction of sp³-hybridized carbons (Fsp3) is 0.208. The molecule has 0 aliphatic heterocycles. The van der Waals surface area contributed by atoms with E-state index in [1.54, 1.807) is 19.5 Å². The van der Waals surface area contributed by atoms with Crippen LogP contribution >= 0.6 is 0 Å². The van der Waals surface area contributed by atoms with Gasteiger partial charge in [0.05, 0.1) is 24.4 Å². The first-order valence-corrected chi connectivity index (χ1v) is 9.53. The van der Waals surface area contributed by atoms with Crippen molar-refractivity contribution in [2.75, 3.05) is 7.11 Å². The molecule has 146 valence electrons. The number of aliphatic carboxylic acids is 1. The molecule has 0 bridgehead atoms. The van der Waals surface area contributed by atoms with Gasteiger partial charge in [-0.05, 0) is 42.7 Å². The van der Waals surface area contributed by atoms with E-state index in [1.807, 2.05) is 24.3 Å². The van der Waals surface area contributed by atoms with Crippen molar-refractivity contribution in [3.63, 3.8) is 0 Å². The van der Waals surface area contributed by atoms with Crippen molar-refractivity contribution in [2.45, 2.75) is 19.3 Å². The van der Waals surface area contributed by atoms with Gasteiger partial charge in [0, 0.05) is 23.9 Å². The van der Waals surface area contributed by atoms with Crippen LogP contribution in [0.15, 0.2) is 54.9 Å². The molecule has 0 saturated heterocycles. The Morgan fingerprint density at radius 2 is 1.86 bits per heavy atom. The number of methoxy groups -OCH3 is 1. The molecule has 2 heterocycles. The SMILES string of the molecule is COc1ccc(-c2cncc(/C=C/c3ccc(C)cc3)c2)nc1[C@H]1C[C@@H]1C(=O)O. The third-order valence-electron chi connectivity index (χ3n) is 5.17. The fourth-order valence-corrected chi connectivity index (χ4v) is 3.39. The summed E-state index contributed by atoms with van der Waals surface area (Å²) < 4.78 is 5.40. The maximum atomic E-state index is 11.3. The van der Waals surface area contributed by atoms with E-state index >= 15 is 0 Å². The molecule has 2 atom stereocenters. The summed E-state index contributed by atoms with van der Waals surface area (Å²) in [5.74, 6) is -0.631. The number of hydrogen-bond acceptors (Lipinski definition) is 4. The van der Waals surface area contributed by atoms with Crippen LogP contribution in [-0.4, -0.2) is 28.2 Å². The lowest BCUT2D eigenvalue weighted by Crippen LogP contribution is -2.02. The van der Waals surface area contributed by atoms with Crippen molar-refractivity contribution in [3.05, 3.63) is 77.2 Å². The van der Waals surface area contributed by atoms with Gasteiger partial charge in [0.25, 0.3) is 0 Å². The molecule has 29 heavy (non-hydrogen) atoms. The van der Waals surface area contributed by atoms with Crippen molar-refractivity contribution in [1.29, 1.82) is 0 Å². The minimum absolute atomic E-state index is 0.0972. The molecule has 1 aliphatic carbocycles. The average Bonchev–Trinajstić information content (AvgIpc) is 3.54. The molecule has 0 spiro atoms. The first-order chi connectivity index (χ1) is 14.0. The van der Waals surface area contributed by atoms with Crippen LogP contribution in [0, 0.1) is 12.8 Å². The Morgan fingerprint density at radius 3 is 2.55 bits per heavy atom. The Hall–Kier alpha value is -3.47. The van der Waals surface area contributed by atoms with Crippen LogP contribution in [0.25, 0.3) is 23.4 Å². The Bertz CT molecular complexity index is 1070. The number of aromatic nitrogens is 2. The van der Waals surface area contributed by atoms with E-state index in [0.717, 1.165) is 22.4 Å². The van der Waals surface area contributed by atoms with E-state index in [9.17, 15) is 9.90 Å². The Kier molecular flexibility index (Phi) is 5.12. The number of hydrogen-bond donors (Lipinski definition) is 1. The zero-order chi connectivity index (χ0) is 20.4. The van der Waals surface area contributed by atoms with Gasteiger partial charge in [0.2, 0.25) is 0 Å². The van der Waals surface area contributed by atoms with Crippen LogP contribution in [-0.2, 0) is 4.79 Å². The Balaban J connectivity index is 1.61. The van der Waals surface area contributed by atoms with Crippen molar-refractivity contribution in [2.24, 2.45) is 5.92 Å². The third-order valence-corrected chi connectivity index (χ3v) is 5.17. The van der Waals surface area contributed by atoms with Crippen molar-refractivity contribution in [1.82, 2.24) is 9.97 Å². The number of benzene rings is 1. The molecule has 1 N–H and O–H groups in total. The van der Waals surface area contributed by atoms with Gasteiger partial charge in [-0.2, -0.15) is 0 Å². The van der Waals surface area contributed by atoms with Gasteiger partial charge >= 0.3 is 5.97 Å². The predicted octanol–water partition coefficient (Wildman–Crippen LogP) is 4.82. The van der Waals surface area contributed by atoms with Gasteiger partial charge < -0.3 is 9.84 Å². The summed E-state index contributed by atoms with van der Waals surface area (Å²) in [6, 6.07) is 14.1. The molecule has 4 rings (SSSR count). The highest BCUT2D eigenvalue weighted by Crippen LogP contribution is 2.50. The largest absolute Gasteiger partial charge is 0.495 e. The van der Waals surface area contributed by atoms with Crippen molar-refractivity contribution in [3.8, 4) is 17.0 Å². The lowest BCUT2D eigenvalue weighted by Gasteiger charge is -2.10. The van der Waals surface area contributed by atoms with Crippen LogP contribution in [0.5, 0.6) is 5.75 Å². The number of nitrogens with zero attached hydrogens (tertiary/aromatic N) is 2. The lowest BCUT2D eigenvalue weighted by atomic mass is 10.1. The summed E-state index contributed by atoms with van der Waals surface area (Å²) in [6.07, 6.45) is 8.24. The van der Waals surface area contributed by atoms with Crippen LogP contribution in [0.3, 0.4) is 0 Å². The fourth-order valence-electron chi connectivity index (χ4n) is 3.39.